The minimum atomic E-state index is -0.771. The number of halogens is 1. The zero-order chi connectivity index (χ0) is 112. The summed E-state index contributed by atoms with van der Waals surface area (Å²) in [7, 11) is 5.66. The Balaban J connectivity index is 0.000000539. The molecule has 0 amide bonds. The van der Waals surface area contributed by atoms with Gasteiger partial charge in [0.05, 0.1) is 35.4 Å². The van der Waals surface area contributed by atoms with Crippen LogP contribution >= 0.6 is 11.6 Å². The molecule has 2 N–H and O–H groups in total. The van der Waals surface area contributed by atoms with Crippen molar-refractivity contribution in [1.82, 2.24) is 59.2 Å². The summed E-state index contributed by atoms with van der Waals surface area (Å²) in [5.74, 6) is 8.88. The summed E-state index contributed by atoms with van der Waals surface area (Å²) in [4.78, 5) is 25.1. The third-order valence-corrected chi connectivity index (χ3v) is 25.0. The Morgan fingerprint density at radius 2 is 0.716 bits per heavy atom. The van der Waals surface area contributed by atoms with Crippen molar-refractivity contribution in [3.8, 4) is 5.75 Å². The van der Waals surface area contributed by atoms with E-state index < -0.39 is 11.2 Å². The predicted molar refractivity (Wildman–Crippen MR) is 636 cm³/mol. The van der Waals surface area contributed by atoms with E-state index in [0.29, 0.717) is 88.9 Å². The van der Waals surface area contributed by atoms with Gasteiger partial charge in [0, 0.05) is 115 Å². The van der Waals surface area contributed by atoms with Crippen LogP contribution in [0.15, 0.2) is 262 Å². The van der Waals surface area contributed by atoms with Crippen molar-refractivity contribution >= 4 is 11.6 Å². The van der Waals surface area contributed by atoms with Crippen LogP contribution in [0.4, 0.5) is 0 Å². The van der Waals surface area contributed by atoms with Crippen molar-refractivity contribution in [3.05, 3.63) is 402 Å². The zero-order valence-electron chi connectivity index (χ0n) is 99.7. The number of nitrogens with zero attached hydrogens (tertiary/aromatic N) is 12. The second kappa shape index (κ2) is 69.1. The zero-order valence-corrected chi connectivity index (χ0v) is 100. The Labute approximate surface area is 904 Å². The number of methoxy groups -OCH3 is 1. The second-order valence-corrected chi connectivity index (χ2v) is 44.7. The number of aryl methyl sites for hydroxylation is 10. The summed E-state index contributed by atoms with van der Waals surface area (Å²) in [5, 5.41) is 33.6. The van der Waals surface area contributed by atoms with Gasteiger partial charge >= 0.3 is 0 Å². The molecule has 9 heterocycles. The highest BCUT2D eigenvalue weighted by Gasteiger charge is 2.20. The molecule has 16 heteroatoms. The van der Waals surface area contributed by atoms with Crippen LogP contribution in [0.25, 0.3) is 0 Å². The maximum atomic E-state index is 9.80. The molecule has 15 nitrogen and oxygen atoms in total. The van der Waals surface area contributed by atoms with Crippen LogP contribution in [0.2, 0.25) is 5.02 Å². The Bertz CT molecular complexity index is 5520. The minimum Gasteiger partial charge on any atom is -0.496 e. The lowest BCUT2D eigenvalue weighted by Crippen LogP contribution is -2.16. The number of pyridine rings is 6. The molecule has 0 fully saturated rings. The van der Waals surface area contributed by atoms with Gasteiger partial charge in [0.1, 0.15) is 5.75 Å². The fraction of sp³-hybridized carbons (Fsp3) is 0.477. The lowest BCUT2D eigenvalue weighted by Gasteiger charge is -2.19. The van der Waals surface area contributed by atoms with Crippen molar-refractivity contribution in [2.24, 2.45) is 14.1 Å². The monoisotopic (exact) mass is 2030 g/mol. The molecular weight excluding hydrogens is 1840 g/mol. The summed E-state index contributed by atoms with van der Waals surface area (Å²) >= 11 is 5.72. The van der Waals surface area contributed by atoms with E-state index in [1.54, 1.807) is 33.4 Å². The molecule has 0 atom stereocenters. The largest absolute Gasteiger partial charge is 0.496 e. The van der Waals surface area contributed by atoms with E-state index >= 15 is 0 Å². The van der Waals surface area contributed by atoms with E-state index in [2.05, 4.69) is 414 Å². The molecular formula is C132H195ClN12O3. The molecule has 808 valence electrons. The molecule has 0 radical (unpaired) electrons. The molecule has 0 aliphatic heterocycles. The normalized spacial score (nSPS) is 11.2. The van der Waals surface area contributed by atoms with Gasteiger partial charge in [-0.1, -0.05) is 338 Å². The Hall–Kier alpha value is -11.4. The molecule has 0 saturated heterocycles. The number of rotatable bonds is 18. The fourth-order valence-corrected chi connectivity index (χ4v) is 14.4. The molecule has 0 saturated carbocycles. The molecule has 9 aromatic heterocycles. The van der Waals surface area contributed by atoms with Crippen molar-refractivity contribution in [3.63, 3.8) is 0 Å². The maximum absolute atomic E-state index is 9.80. The fourth-order valence-electron chi connectivity index (χ4n) is 14.3. The maximum Gasteiger partial charge on any atom is 0.122 e. The standard InChI is InChI=1S/C12H18O.C11H17NO.C11H15N.C10H18N2.C10H14O.2C10H14.C9H11Cl.C9H13N.2C8H14N2.3C8H11N/c1-9(2)10-6-5-7-11(8-10)12(3,4)13;1-8(2)10-7-9(5-6-12-10)11(3,4)13;1-8(2)10-6-9-4-3-5-11(9)12-7-10;1-7(2)10-6-9(5)12(11-10)8(3)4;1-8(2)9-6-4-5-7-10(9)11-3;1-8(2)10-6-4-9(3)5-7-10;1-8(2)10-6-4-5-9(3)7-10;1-7(2)8-3-5-9(10)6-4-8;1-7(2)9-6-8(3)4-5-10-9;2*1-6(2)8-5-7(3)10(4)9-8;1-7(2)8-3-5-9-6-4-8;1-7(2)8-4-3-5-9-6-8;1-7(2)8-5-3-4-6-9-8/h5-9,13H,1-4H3;5-8,13H,1-4H3;6-8H,3-5H2,1-2H3;6-8H,1-5H3;4-8H,1-3H3;2*4-8H,1-3H3;3-7H,1-2H3;4-7H,1-3H3;2*5-6H,1-4H3;3*3-7H,1-2H3. The average molecular weight is 2030 g/mol. The Morgan fingerprint density at radius 3 is 1.07 bits per heavy atom. The molecule has 14 aromatic rings. The van der Waals surface area contributed by atoms with Gasteiger partial charge in [-0.25, -0.2) is 0 Å². The van der Waals surface area contributed by atoms with Gasteiger partial charge in [-0.05, 0) is 343 Å². The third-order valence-electron chi connectivity index (χ3n) is 24.7. The number of para-hydroxylation sites is 1. The summed E-state index contributed by atoms with van der Waals surface area (Å²) < 4.78 is 11.1. The second-order valence-electron chi connectivity index (χ2n) is 44.2. The first-order chi connectivity index (χ1) is 69.3. The van der Waals surface area contributed by atoms with Crippen LogP contribution in [0, 0.1) is 41.5 Å². The topological polar surface area (TPSA) is 180 Å². The van der Waals surface area contributed by atoms with Gasteiger partial charge < -0.3 is 14.9 Å². The third kappa shape index (κ3) is 53.2. The molecule has 0 unspecified atom stereocenters. The highest BCUT2D eigenvalue weighted by atomic mass is 35.5. The molecule has 1 aliphatic carbocycles. The lowest BCUT2D eigenvalue weighted by atomic mass is 9.93. The number of aromatic nitrogens is 12. The molecule has 5 aromatic carbocycles. The molecule has 1 aliphatic rings. The van der Waals surface area contributed by atoms with Crippen LogP contribution in [0.5, 0.6) is 5.75 Å². The molecule has 15 rings (SSSR count). The number of aliphatic hydroxyl groups is 2. The Kier molecular flexibility index (Phi) is 62.0. The van der Waals surface area contributed by atoms with E-state index in [1.165, 1.54) is 132 Å². The van der Waals surface area contributed by atoms with Gasteiger partial charge in [0.2, 0.25) is 0 Å². The average Bonchev–Trinajstić information content (AvgIpc) is 1.81. The van der Waals surface area contributed by atoms with Crippen molar-refractivity contribution < 1.29 is 14.9 Å². The summed E-state index contributed by atoms with van der Waals surface area (Å²) in [6, 6.07) is 73.0. The number of ether oxygens (including phenoxy) is 1. The minimum absolute atomic E-state index is 0.405. The van der Waals surface area contributed by atoms with Gasteiger partial charge in [0.25, 0.3) is 0 Å². The van der Waals surface area contributed by atoms with Gasteiger partial charge in [-0.2, -0.15) is 15.3 Å². The van der Waals surface area contributed by atoms with Crippen molar-refractivity contribution in [2.45, 2.75) is 396 Å². The van der Waals surface area contributed by atoms with E-state index in [1.807, 2.05) is 172 Å². The number of hydrogen-bond donors (Lipinski definition) is 2. The lowest BCUT2D eigenvalue weighted by molar-refractivity contribution is 0.0779. The molecule has 0 bridgehead atoms. The van der Waals surface area contributed by atoms with Crippen LogP contribution in [-0.4, -0.2) is 76.6 Å². The first-order valence-corrected chi connectivity index (χ1v) is 54.4. The van der Waals surface area contributed by atoms with Crippen LogP contribution in [0.3, 0.4) is 0 Å². The van der Waals surface area contributed by atoms with Gasteiger partial charge in [0.15, 0.2) is 0 Å². The van der Waals surface area contributed by atoms with Crippen LogP contribution in [-0.2, 0) is 38.1 Å². The SMILES string of the molecule is CC(C)c1cc(C(C)(C)O)ccn1.CC(C)c1ccc(Cl)cc1.CC(C)c1cccc(C(C)(C)O)c1.CC(C)c1ccccn1.CC(C)c1cccnc1.CC(C)c1ccncc1.CC(C)c1cnc2c(c1)CCC2.COc1ccccc1C(C)C.Cc1cc(C(C)C)nn1C.Cc1cc(C(C)C)nn1C.Cc1cc(C(C)C)nn1C(C)C.Cc1ccc(C(C)C)cc1.Cc1cccc(C(C)C)c1.Cc1ccnc(C(C)C)c1. The summed E-state index contributed by atoms with van der Waals surface area (Å²) in [6.45, 7) is 84.8. The first-order valence-electron chi connectivity index (χ1n) is 54.0. The Morgan fingerprint density at radius 1 is 0.297 bits per heavy atom. The number of fused-ring (bicyclic) bond motifs is 1. The number of benzene rings is 5. The van der Waals surface area contributed by atoms with E-state index in [0.717, 1.165) is 33.3 Å². The first kappa shape index (κ1) is 133. The highest BCUT2D eigenvalue weighted by Crippen LogP contribution is 2.30. The van der Waals surface area contributed by atoms with Gasteiger partial charge in [-0.15, -0.1) is 0 Å². The highest BCUT2D eigenvalue weighted by molar-refractivity contribution is 6.30. The van der Waals surface area contributed by atoms with Gasteiger partial charge in [-0.3, -0.25) is 43.9 Å². The van der Waals surface area contributed by atoms with E-state index in [4.69, 9.17) is 16.3 Å². The molecule has 148 heavy (non-hydrogen) atoms. The van der Waals surface area contributed by atoms with Crippen molar-refractivity contribution in [2.75, 3.05) is 7.11 Å². The summed E-state index contributed by atoms with van der Waals surface area (Å²) in [6.07, 6.45) is 18.6. The predicted octanol–water partition coefficient (Wildman–Crippen LogP) is 36.4. The quantitative estimate of drug-likeness (QED) is 0.0831. The molecule has 0 spiro atoms. The van der Waals surface area contributed by atoms with E-state index in [-0.39, 0.29) is 0 Å². The van der Waals surface area contributed by atoms with E-state index in [9.17, 15) is 10.2 Å². The van der Waals surface area contributed by atoms with Crippen molar-refractivity contribution in [1.29, 1.82) is 0 Å². The van der Waals surface area contributed by atoms with Crippen LogP contribution in [0.1, 0.15) is 466 Å². The summed E-state index contributed by atoms with van der Waals surface area (Å²) in [5.41, 5.74) is 28.6. The number of hydrogen-bond acceptors (Lipinski definition) is 12. The smallest absolute Gasteiger partial charge is 0.122 e. The van der Waals surface area contributed by atoms with Crippen LogP contribution < -0.4 is 4.74 Å².